The number of halogens is 1. The summed E-state index contributed by atoms with van der Waals surface area (Å²) in [7, 11) is 1.31. The van der Waals surface area contributed by atoms with Crippen molar-refractivity contribution in [1.29, 1.82) is 0 Å². The Balaban J connectivity index is 2.73. The van der Waals surface area contributed by atoms with Crippen LogP contribution in [0.1, 0.15) is 10.4 Å². The van der Waals surface area contributed by atoms with E-state index in [0.29, 0.717) is 0 Å². The van der Waals surface area contributed by atoms with Crippen molar-refractivity contribution < 1.29 is 23.8 Å². The molecule has 6 nitrogen and oxygen atoms in total. The third kappa shape index (κ3) is 3.80. The normalized spacial score (nSPS) is 11.9. The Bertz CT molecular complexity index is 425. The number of carboxylic acid groups (broad SMARTS) is 1. The molecule has 1 amide bonds. The number of amides is 1. The summed E-state index contributed by atoms with van der Waals surface area (Å²) in [5.41, 5.74) is -0.0487. The van der Waals surface area contributed by atoms with Crippen LogP contribution in [0.5, 0.6) is 0 Å². The van der Waals surface area contributed by atoms with Crippen molar-refractivity contribution in [2.45, 2.75) is 6.04 Å². The summed E-state index contributed by atoms with van der Waals surface area (Å²) in [6.45, 7) is -0.177. The molecule has 7 heteroatoms. The molecule has 0 saturated heterocycles. The lowest BCUT2D eigenvalue weighted by Gasteiger charge is -2.13. The Labute approximate surface area is 96.4 Å². The van der Waals surface area contributed by atoms with Gasteiger partial charge in [-0.3, -0.25) is 9.78 Å². The zero-order valence-electron chi connectivity index (χ0n) is 9.01. The van der Waals surface area contributed by atoms with Gasteiger partial charge < -0.3 is 15.2 Å². The Kier molecular flexibility index (Phi) is 4.53. The van der Waals surface area contributed by atoms with Crippen LogP contribution in [-0.4, -0.2) is 41.7 Å². The number of aliphatic carboxylic acids is 1. The lowest BCUT2D eigenvalue weighted by Crippen LogP contribution is -2.43. The minimum Gasteiger partial charge on any atom is -0.480 e. The largest absolute Gasteiger partial charge is 0.480 e. The predicted octanol–water partition coefficient (Wildman–Crippen LogP) is 0.0501. The van der Waals surface area contributed by atoms with Crippen molar-refractivity contribution in [1.82, 2.24) is 10.3 Å². The second kappa shape index (κ2) is 5.90. The van der Waals surface area contributed by atoms with E-state index in [9.17, 15) is 14.0 Å². The summed E-state index contributed by atoms with van der Waals surface area (Å²) in [4.78, 5) is 25.8. The molecule has 1 heterocycles. The van der Waals surface area contributed by atoms with Crippen LogP contribution in [0, 0.1) is 5.82 Å². The van der Waals surface area contributed by atoms with Crippen LogP contribution in [0.3, 0.4) is 0 Å². The molecule has 0 aliphatic heterocycles. The average molecular weight is 242 g/mol. The van der Waals surface area contributed by atoms with E-state index in [2.05, 4.69) is 15.0 Å². The summed E-state index contributed by atoms with van der Waals surface area (Å²) in [6.07, 6.45) is 2.09. The number of hydrogen-bond acceptors (Lipinski definition) is 4. The Morgan fingerprint density at radius 2 is 2.29 bits per heavy atom. The van der Waals surface area contributed by atoms with E-state index in [-0.39, 0.29) is 12.2 Å². The van der Waals surface area contributed by atoms with Gasteiger partial charge in [-0.15, -0.1) is 0 Å². The number of nitrogens with zero attached hydrogens (tertiary/aromatic N) is 1. The van der Waals surface area contributed by atoms with Crippen LogP contribution < -0.4 is 5.32 Å². The van der Waals surface area contributed by atoms with Gasteiger partial charge in [0.2, 0.25) is 0 Å². The molecule has 17 heavy (non-hydrogen) atoms. The van der Waals surface area contributed by atoms with Gasteiger partial charge in [0.15, 0.2) is 6.04 Å². The molecular weight excluding hydrogens is 231 g/mol. The summed E-state index contributed by atoms with van der Waals surface area (Å²) in [6, 6.07) is -0.218. The van der Waals surface area contributed by atoms with Crippen LogP contribution in [0.4, 0.5) is 4.39 Å². The molecule has 0 aromatic carbocycles. The van der Waals surface area contributed by atoms with E-state index in [1.54, 1.807) is 0 Å². The van der Waals surface area contributed by atoms with Gasteiger partial charge in [0.05, 0.1) is 18.4 Å². The van der Waals surface area contributed by atoms with Crippen LogP contribution in [0.15, 0.2) is 18.5 Å². The van der Waals surface area contributed by atoms with Crippen LogP contribution in [0.2, 0.25) is 0 Å². The molecule has 2 N–H and O–H groups in total. The Morgan fingerprint density at radius 1 is 1.59 bits per heavy atom. The molecule has 1 unspecified atom stereocenters. The van der Waals surface area contributed by atoms with Gasteiger partial charge in [-0.1, -0.05) is 0 Å². The van der Waals surface area contributed by atoms with Gasteiger partial charge in [-0.05, 0) is 6.07 Å². The summed E-state index contributed by atoms with van der Waals surface area (Å²) < 4.78 is 17.4. The second-order valence-electron chi connectivity index (χ2n) is 3.21. The monoisotopic (exact) mass is 242 g/mol. The molecule has 1 aromatic heterocycles. The number of carbonyl (C=O) groups excluding carboxylic acids is 1. The minimum absolute atomic E-state index is 0.0487. The molecule has 0 spiro atoms. The van der Waals surface area contributed by atoms with E-state index in [1.807, 2.05) is 0 Å². The van der Waals surface area contributed by atoms with Crippen molar-refractivity contribution in [3.8, 4) is 0 Å². The van der Waals surface area contributed by atoms with Crippen LogP contribution >= 0.6 is 0 Å². The zero-order chi connectivity index (χ0) is 12.8. The van der Waals surface area contributed by atoms with Crippen LogP contribution in [0.25, 0.3) is 0 Å². The van der Waals surface area contributed by atoms with E-state index in [1.165, 1.54) is 7.11 Å². The minimum atomic E-state index is -1.23. The van der Waals surface area contributed by atoms with E-state index < -0.39 is 23.7 Å². The second-order valence-corrected chi connectivity index (χ2v) is 3.21. The van der Waals surface area contributed by atoms with Crippen molar-refractivity contribution in [3.05, 3.63) is 29.8 Å². The highest BCUT2D eigenvalue weighted by Gasteiger charge is 2.20. The molecule has 0 radical (unpaired) electrons. The van der Waals surface area contributed by atoms with Crippen molar-refractivity contribution in [2.75, 3.05) is 13.7 Å². The lowest BCUT2D eigenvalue weighted by atomic mass is 10.2. The first-order valence-electron chi connectivity index (χ1n) is 4.67. The maximum atomic E-state index is 12.8. The highest BCUT2D eigenvalue weighted by atomic mass is 19.1. The molecule has 0 fully saturated rings. The molecule has 1 rings (SSSR count). The van der Waals surface area contributed by atoms with Crippen molar-refractivity contribution in [2.24, 2.45) is 0 Å². The number of hydrogen-bond donors (Lipinski definition) is 2. The fourth-order valence-electron chi connectivity index (χ4n) is 1.12. The first kappa shape index (κ1) is 13.0. The molecule has 0 saturated carbocycles. The lowest BCUT2D eigenvalue weighted by molar-refractivity contribution is -0.140. The van der Waals surface area contributed by atoms with Crippen LogP contribution in [-0.2, 0) is 9.53 Å². The van der Waals surface area contributed by atoms with E-state index in [0.717, 1.165) is 18.5 Å². The number of pyridine rings is 1. The number of methoxy groups -OCH3 is 1. The number of carboxylic acids is 1. The summed E-state index contributed by atoms with van der Waals surface area (Å²) >= 11 is 0. The number of rotatable bonds is 5. The first-order chi connectivity index (χ1) is 8.04. The average Bonchev–Trinajstić information content (AvgIpc) is 2.28. The topological polar surface area (TPSA) is 88.5 Å². The highest BCUT2D eigenvalue weighted by Crippen LogP contribution is 2.01. The molecule has 1 aromatic rings. The Hall–Kier alpha value is -2.02. The highest BCUT2D eigenvalue weighted by molar-refractivity contribution is 5.96. The number of carbonyl (C=O) groups is 2. The van der Waals surface area contributed by atoms with Gasteiger partial charge in [-0.2, -0.15) is 0 Å². The van der Waals surface area contributed by atoms with Gasteiger partial charge in [0.25, 0.3) is 5.91 Å². The summed E-state index contributed by atoms with van der Waals surface area (Å²) in [5, 5.41) is 11.0. The number of aromatic nitrogens is 1. The third-order valence-electron chi connectivity index (χ3n) is 1.90. The molecule has 0 bridgehead atoms. The SMILES string of the molecule is COCC(NC(=O)c1cncc(F)c1)C(=O)O. The van der Waals surface area contributed by atoms with Crippen molar-refractivity contribution in [3.63, 3.8) is 0 Å². The fraction of sp³-hybridized carbons (Fsp3) is 0.300. The van der Waals surface area contributed by atoms with Crippen molar-refractivity contribution >= 4 is 11.9 Å². The summed E-state index contributed by atoms with van der Waals surface area (Å²) in [5.74, 6) is -2.62. The zero-order valence-corrected chi connectivity index (χ0v) is 9.01. The molecular formula is C10H11FN2O4. The standard InChI is InChI=1S/C10H11FN2O4/c1-17-5-8(10(15)16)13-9(14)6-2-7(11)4-12-3-6/h2-4,8H,5H2,1H3,(H,13,14)(H,15,16). The smallest absolute Gasteiger partial charge is 0.328 e. The Morgan fingerprint density at radius 3 is 2.82 bits per heavy atom. The molecule has 1 atom stereocenters. The third-order valence-corrected chi connectivity index (χ3v) is 1.90. The van der Waals surface area contributed by atoms with E-state index in [4.69, 9.17) is 5.11 Å². The number of ether oxygens (including phenoxy) is 1. The maximum Gasteiger partial charge on any atom is 0.328 e. The van der Waals surface area contributed by atoms with Gasteiger partial charge in [0.1, 0.15) is 5.82 Å². The fourth-order valence-corrected chi connectivity index (χ4v) is 1.12. The molecule has 0 aliphatic carbocycles. The van der Waals surface area contributed by atoms with Gasteiger partial charge in [-0.25, -0.2) is 9.18 Å². The van der Waals surface area contributed by atoms with E-state index >= 15 is 0 Å². The molecule has 0 aliphatic rings. The predicted molar refractivity (Wildman–Crippen MR) is 55.0 cm³/mol. The quantitative estimate of drug-likeness (QED) is 0.761. The first-order valence-corrected chi connectivity index (χ1v) is 4.67. The molecule has 92 valence electrons. The maximum absolute atomic E-state index is 12.8. The van der Waals surface area contributed by atoms with Gasteiger partial charge in [0, 0.05) is 13.3 Å². The van der Waals surface area contributed by atoms with Gasteiger partial charge >= 0.3 is 5.97 Å². The number of nitrogens with one attached hydrogen (secondary N) is 1.